The van der Waals surface area contributed by atoms with E-state index in [1.54, 1.807) is 20.8 Å². The van der Waals surface area contributed by atoms with Crippen molar-refractivity contribution in [2.75, 3.05) is 25.6 Å². The SMILES string of the molecule is CC(C)(C)OC(=O)CON=C1C=C(CC(=O)N[C@@H]2C(=O)N3C(C(=O)O)=C(CO)CS[C@H]23)OC1. The Morgan fingerprint density at radius 1 is 1.36 bits per heavy atom. The van der Waals surface area contributed by atoms with Crippen LogP contribution in [0.25, 0.3) is 0 Å². The smallest absolute Gasteiger partial charge is 0.352 e. The third-order valence-electron chi connectivity index (χ3n) is 4.61. The van der Waals surface area contributed by atoms with Crippen LogP contribution in [0.5, 0.6) is 0 Å². The van der Waals surface area contributed by atoms with E-state index >= 15 is 0 Å². The number of nitrogens with one attached hydrogen (secondary N) is 1. The van der Waals surface area contributed by atoms with E-state index in [1.165, 1.54) is 17.8 Å². The number of aliphatic carboxylic acids is 1. The molecule has 33 heavy (non-hydrogen) atoms. The molecule has 0 aromatic heterocycles. The number of ether oxygens (including phenoxy) is 2. The fourth-order valence-corrected chi connectivity index (χ4v) is 4.65. The summed E-state index contributed by atoms with van der Waals surface area (Å²) in [6.45, 7) is 4.43. The van der Waals surface area contributed by atoms with Gasteiger partial charge in [-0.15, -0.1) is 11.8 Å². The van der Waals surface area contributed by atoms with Gasteiger partial charge in [0.15, 0.2) is 0 Å². The number of carboxylic acid groups (broad SMARTS) is 1. The number of hydrogen-bond acceptors (Lipinski definition) is 10. The second-order valence-electron chi connectivity index (χ2n) is 8.39. The molecule has 180 valence electrons. The van der Waals surface area contributed by atoms with Crippen molar-refractivity contribution >= 4 is 41.2 Å². The standard InChI is InChI=1S/C20H25N3O9S/c1-20(2,3)32-14(26)8-31-22-11-4-12(30-7-11)5-13(25)21-15-17(27)23-16(19(28)29)10(6-24)9-33-18(15)23/h4,15,18,24H,5-9H2,1-3H3,(H,21,25)(H,28,29)/t15-,18-/m1/s1. The molecule has 0 aromatic rings. The zero-order chi connectivity index (χ0) is 24.3. The van der Waals surface area contributed by atoms with Gasteiger partial charge in [0.25, 0.3) is 5.91 Å². The number of amides is 2. The van der Waals surface area contributed by atoms with Crippen LogP contribution in [0.1, 0.15) is 27.2 Å². The zero-order valence-electron chi connectivity index (χ0n) is 18.3. The van der Waals surface area contributed by atoms with E-state index in [1.807, 2.05) is 0 Å². The molecule has 0 radical (unpaired) electrons. The van der Waals surface area contributed by atoms with Crippen LogP contribution in [0.15, 0.2) is 28.3 Å². The highest BCUT2D eigenvalue weighted by atomic mass is 32.2. The summed E-state index contributed by atoms with van der Waals surface area (Å²) in [5, 5.41) is 24.5. The van der Waals surface area contributed by atoms with E-state index in [2.05, 4.69) is 10.5 Å². The van der Waals surface area contributed by atoms with Crippen LogP contribution in [-0.2, 0) is 33.5 Å². The van der Waals surface area contributed by atoms with E-state index in [-0.39, 0.29) is 36.7 Å². The Morgan fingerprint density at radius 2 is 2.09 bits per heavy atom. The summed E-state index contributed by atoms with van der Waals surface area (Å²) in [5.74, 6) is -2.35. The number of esters is 1. The number of carbonyl (C=O) groups excluding carboxylic acids is 3. The Bertz CT molecular complexity index is 951. The third-order valence-corrected chi connectivity index (χ3v) is 5.95. The van der Waals surface area contributed by atoms with Gasteiger partial charge in [0.1, 0.15) is 40.8 Å². The molecule has 0 bridgehead atoms. The predicted molar refractivity (Wildman–Crippen MR) is 115 cm³/mol. The molecule has 0 saturated carbocycles. The fraction of sp³-hybridized carbons (Fsp3) is 0.550. The molecule has 3 aliphatic heterocycles. The minimum atomic E-state index is -1.30. The lowest BCUT2D eigenvalue weighted by Gasteiger charge is -2.49. The molecule has 1 saturated heterocycles. The van der Waals surface area contributed by atoms with Gasteiger partial charge in [0.2, 0.25) is 12.5 Å². The van der Waals surface area contributed by atoms with Crippen molar-refractivity contribution < 1.29 is 43.7 Å². The van der Waals surface area contributed by atoms with Gasteiger partial charge in [-0.3, -0.25) is 14.5 Å². The van der Waals surface area contributed by atoms with Gasteiger partial charge in [-0.25, -0.2) is 9.59 Å². The van der Waals surface area contributed by atoms with Crippen LogP contribution in [-0.4, -0.2) is 87.2 Å². The Kier molecular flexibility index (Phi) is 7.32. The number of oxime groups is 1. The fourth-order valence-electron chi connectivity index (χ4n) is 3.32. The highest BCUT2D eigenvalue weighted by Gasteiger charge is 2.54. The van der Waals surface area contributed by atoms with Gasteiger partial charge in [0, 0.05) is 11.8 Å². The van der Waals surface area contributed by atoms with Gasteiger partial charge in [-0.1, -0.05) is 5.16 Å². The van der Waals surface area contributed by atoms with Crippen molar-refractivity contribution in [2.24, 2.45) is 5.16 Å². The van der Waals surface area contributed by atoms with Crippen LogP contribution in [0.2, 0.25) is 0 Å². The van der Waals surface area contributed by atoms with Crippen molar-refractivity contribution in [1.29, 1.82) is 0 Å². The summed E-state index contributed by atoms with van der Waals surface area (Å²) in [6, 6.07) is -0.871. The molecular weight excluding hydrogens is 458 g/mol. The first kappa shape index (κ1) is 24.6. The molecule has 3 N–H and O–H groups in total. The Balaban J connectivity index is 1.50. The van der Waals surface area contributed by atoms with Crippen molar-refractivity contribution in [2.45, 2.75) is 44.2 Å². The molecule has 12 nitrogen and oxygen atoms in total. The zero-order valence-corrected chi connectivity index (χ0v) is 19.1. The first-order valence-corrected chi connectivity index (χ1v) is 11.1. The summed E-state index contributed by atoms with van der Waals surface area (Å²) in [4.78, 5) is 54.0. The first-order chi connectivity index (χ1) is 15.5. The van der Waals surface area contributed by atoms with Crippen LogP contribution in [0.3, 0.4) is 0 Å². The van der Waals surface area contributed by atoms with E-state index in [0.717, 1.165) is 4.90 Å². The van der Waals surface area contributed by atoms with Gasteiger partial charge >= 0.3 is 11.9 Å². The van der Waals surface area contributed by atoms with E-state index in [9.17, 15) is 29.4 Å². The minimum Gasteiger partial charge on any atom is -0.491 e. The van der Waals surface area contributed by atoms with Crippen molar-refractivity contribution in [3.63, 3.8) is 0 Å². The Hall–Kier alpha value is -3.06. The first-order valence-electron chi connectivity index (χ1n) is 10.0. The number of nitrogens with zero attached hydrogens (tertiary/aromatic N) is 2. The van der Waals surface area contributed by atoms with Crippen LogP contribution in [0.4, 0.5) is 0 Å². The molecule has 0 aliphatic carbocycles. The normalized spacial score (nSPS) is 23.4. The lowest BCUT2D eigenvalue weighted by atomic mass is 10.0. The molecule has 2 atom stereocenters. The molecular formula is C20H25N3O9S. The molecule has 3 rings (SSSR count). The number of hydrogen-bond donors (Lipinski definition) is 3. The predicted octanol–water partition coefficient (Wildman–Crippen LogP) is -0.264. The number of aliphatic hydroxyl groups excluding tert-OH is 1. The van der Waals surface area contributed by atoms with E-state index in [4.69, 9.17) is 14.3 Å². The molecule has 1 fully saturated rings. The maximum atomic E-state index is 12.5. The molecule has 3 aliphatic rings. The van der Waals surface area contributed by atoms with Crippen LogP contribution < -0.4 is 5.32 Å². The summed E-state index contributed by atoms with van der Waals surface area (Å²) in [5.41, 5.74) is -0.229. The average molecular weight is 483 g/mol. The number of aliphatic hydroxyl groups is 1. The highest BCUT2D eigenvalue weighted by Crippen LogP contribution is 2.40. The minimum absolute atomic E-state index is 0.0578. The van der Waals surface area contributed by atoms with Crippen molar-refractivity contribution in [1.82, 2.24) is 10.2 Å². The number of rotatable bonds is 8. The summed E-state index contributed by atoms with van der Waals surface area (Å²) in [7, 11) is 0. The van der Waals surface area contributed by atoms with E-state index in [0.29, 0.717) is 11.5 Å². The monoisotopic (exact) mass is 483 g/mol. The number of thioether (sulfide) groups is 1. The summed E-state index contributed by atoms with van der Waals surface area (Å²) < 4.78 is 10.5. The maximum Gasteiger partial charge on any atom is 0.352 e. The lowest BCUT2D eigenvalue weighted by molar-refractivity contribution is -0.160. The van der Waals surface area contributed by atoms with E-state index < -0.39 is 47.4 Å². The highest BCUT2D eigenvalue weighted by molar-refractivity contribution is 8.00. The topological polar surface area (TPSA) is 164 Å². The van der Waals surface area contributed by atoms with Crippen molar-refractivity contribution in [3.8, 4) is 0 Å². The molecule has 2 amide bonds. The van der Waals surface area contributed by atoms with Gasteiger partial charge in [0.05, 0.1) is 13.0 Å². The Labute approximate surface area is 193 Å². The number of carboxylic acids is 1. The quantitative estimate of drug-likeness (QED) is 0.238. The molecule has 3 heterocycles. The Morgan fingerprint density at radius 3 is 2.73 bits per heavy atom. The summed E-state index contributed by atoms with van der Waals surface area (Å²) in [6.07, 6.45) is 1.34. The van der Waals surface area contributed by atoms with Crippen LogP contribution in [0, 0.1) is 0 Å². The number of carbonyl (C=O) groups is 4. The van der Waals surface area contributed by atoms with Gasteiger partial charge in [-0.2, -0.15) is 0 Å². The third kappa shape index (κ3) is 5.85. The van der Waals surface area contributed by atoms with Crippen molar-refractivity contribution in [3.05, 3.63) is 23.1 Å². The largest absolute Gasteiger partial charge is 0.491 e. The second kappa shape index (κ2) is 9.83. The molecule has 0 aromatic carbocycles. The number of β-lactam (4-membered cyclic amide) rings is 1. The molecule has 13 heteroatoms. The van der Waals surface area contributed by atoms with Gasteiger partial charge < -0.3 is 29.8 Å². The van der Waals surface area contributed by atoms with Gasteiger partial charge in [-0.05, 0) is 26.3 Å². The lowest BCUT2D eigenvalue weighted by Crippen LogP contribution is -2.70. The number of fused-ring (bicyclic) bond motifs is 1. The molecule has 0 spiro atoms. The second-order valence-corrected chi connectivity index (χ2v) is 9.49. The van der Waals surface area contributed by atoms with Crippen LogP contribution >= 0.6 is 11.8 Å². The average Bonchev–Trinajstić information content (AvgIpc) is 3.16. The maximum absolute atomic E-state index is 12.5. The molecule has 0 unspecified atom stereocenters. The summed E-state index contributed by atoms with van der Waals surface area (Å²) >= 11 is 1.27.